The molecule has 0 radical (unpaired) electrons. The number of aliphatic hydroxyl groups excluding tert-OH is 1. The summed E-state index contributed by atoms with van der Waals surface area (Å²) < 4.78 is 23.4. The molecule has 11 heteroatoms. The summed E-state index contributed by atoms with van der Waals surface area (Å²) in [5.74, 6) is 4.17. The van der Waals surface area contributed by atoms with Gasteiger partial charge in [-0.05, 0) is 62.2 Å². The Morgan fingerprint density at radius 3 is 2.50 bits per heavy atom. The number of anilines is 1. The summed E-state index contributed by atoms with van der Waals surface area (Å²) in [6.07, 6.45) is 4.66. The molecule has 1 saturated heterocycles. The quantitative estimate of drug-likeness (QED) is 0.310. The van der Waals surface area contributed by atoms with E-state index in [1.807, 2.05) is 0 Å². The normalized spacial score (nSPS) is 14.5. The van der Waals surface area contributed by atoms with Crippen LogP contribution < -0.4 is 5.32 Å². The molecule has 44 heavy (non-hydrogen) atoms. The number of pyridine rings is 1. The Morgan fingerprint density at radius 2 is 1.77 bits per heavy atom. The van der Waals surface area contributed by atoms with Crippen molar-refractivity contribution < 1.29 is 28.1 Å². The largest absolute Gasteiger partial charge is 0.459 e. The van der Waals surface area contributed by atoms with Gasteiger partial charge in [0.15, 0.2) is 5.76 Å². The van der Waals surface area contributed by atoms with E-state index in [9.17, 15) is 23.7 Å². The van der Waals surface area contributed by atoms with E-state index in [0.29, 0.717) is 42.7 Å². The Labute approximate surface area is 255 Å². The zero-order chi connectivity index (χ0) is 31.1. The fourth-order valence-electron chi connectivity index (χ4n) is 4.60. The number of aryl methyl sites for hydroxylation is 1. The van der Waals surface area contributed by atoms with Gasteiger partial charge in [0.2, 0.25) is 5.91 Å². The Morgan fingerprint density at radius 1 is 1.02 bits per heavy atom. The van der Waals surface area contributed by atoms with Gasteiger partial charge in [0.05, 0.1) is 27.7 Å². The number of likely N-dealkylation sites (tertiary alicyclic amines) is 1. The number of carbonyl (C=O) groups is 3. The molecule has 3 amide bonds. The van der Waals surface area contributed by atoms with Gasteiger partial charge in [-0.25, -0.2) is 4.21 Å². The minimum absolute atomic E-state index is 0.0730. The average molecular weight is 611 g/mol. The summed E-state index contributed by atoms with van der Waals surface area (Å²) >= 11 is 0. The van der Waals surface area contributed by atoms with Crippen LogP contribution in [0.3, 0.4) is 0 Å². The smallest absolute Gasteiger partial charge is 0.291 e. The zero-order valence-electron chi connectivity index (χ0n) is 23.9. The molecule has 1 fully saturated rings. The molecule has 2 aromatic carbocycles. The minimum Gasteiger partial charge on any atom is -0.459 e. The standard InChI is InChI=1S/C33H30N4O6S/c1-23-14-17-43-31(23)33(41)35-27-7-5-6-24(19-27)10-11-25-18-26(21-34-20-25)32(40)36-44(42,29-8-3-2-4-9-29)22-30(39)37-15-12-28(38)13-16-37/h2-9,14,17-21,28,38H,12-13,15-16,22H2,1H3,(H,35,41)/t44-/m0/s1. The molecule has 1 atom stereocenters. The predicted octanol–water partition coefficient (Wildman–Crippen LogP) is 4.29. The van der Waals surface area contributed by atoms with Crippen LogP contribution in [0.15, 0.2) is 99.1 Å². The van der Waals surface area contributed by atoms with Crippen LogP contribution >= 0.6 is 0 Å². The molecular formula is C33H30N4O6S. The second kappa shape index (κ2) is 13.5. The number of aliphatic hydroxyl groups is 1. The van der Waals surface area contributed by atoms with Crippen LogP contribution in [0.5, 0.6) is 0 Å². The van der Waals surface area contributed by atoms with E-state index in [1.165, 1.54) is 24.7 Å². The van der Waals surface area contributed by atoms with Gasteiger partial charge in [0.1, 0.15) is 5.75 Å². The van der Waals surface area contributed by atoms with Crippen LogP contribution in [-0.4, -0.2) is 61.9 Å². The maximum atomic E-state index is 14.1. The van der Waals surface area contributed by atoms with E-state index in [2.05, 4.69) is 26.5 Å². The predicted molar refractivity (Wildman–Crippen MR) is 164 cm³/mol. The molecule has 3 heterocycles. The highest BCUT2D eigenvalue weighted by Gasteiger charge is 2.27. The number of nitrogens with one attached hydrogen (secondary N) is 1. The maximum Gasteiger partial charge on any atom is 0.291 e. The molecule has 0 saturated carbocycles. The van der Waals surface area contributed by atoms with Crippen molar-refractivity contribution in [3.05, 3.63) is 113 Å². The summed E-state index contributed by atoms with van der Waals surface area (Å²) in [4.78, 5) is 44.8. The molecule has 4 aromatic rings. The van der Waals surface area contributed by atoms with Gasteiger partial charge in [-0.1, -0.05) is 36.1 Å². The third kappa shape index (κ3) is 7.47. The number of rotatable bonds is 6. The average Bonchev–Trinajstić information content (AvgIpc) is 3.47. The van der Waals surface area contributed by atoms with E-state index in [-0.39, 0.29) is 22.1 Å². The van der Waals surface area contributed by atoms with Crippen LogP contribution in [0, 0.1) is 18.8 Å². The van der Waals surface area contributed by atoms with Gasteiger partial charge in [0, 0.05) is 52.8 Å². The molecule has 0 bridgehead atoms. The molecule has 1 aliphatic rings. The van der Waals surface area contributed by atoms with Crippen molar-refractivity contribution in [2.75, 3.05) is 24.2 Å². The lowest BCUT2D eigenvalue weighted by molar-refractivity contribution is -0.130. The Kier molecular flexibility index (Phi) is 9.33. The number of carbonyl (C=O) groups excluding carboxylic acids is 3. The van der Waals surface area contributed by atoms with Crippen LogP contribution in [0.2, 0.25) is 0 Å². The molecule has 10 nitrogen and oxygen atoms in total. The lowest BCUT2D eigenvalue weighted by Gasteiger charge is -2.30. The second-order valence-electron chi connectivity index (χ2n) is 10.3. The lowest BCUT2D eigenvalue weighted by atomic mass is 10.1. The van der Waals surface area contributed by atoms with Gasteiger partial charge < -0.3 is 19.7 Å². The summed E-state index contributed by atoms with van der Waals surface area (Å²) in [5, 5.41) is 12.6. The third-order valence-electron chi connectivity index (χ3n) is 7.00. The monoisotopic (exact) mass is 610 g/mol. The number of benzene rings is 2. The van der Waals surface area contributed by atoms with Crippen LogP contribution in [-0.2, 0) is 14.5 Å². The van der Waals surface area contributed by atoms with Crippen molar-refractivity contribution in [1.29, 1.82) is 0 Å². The molecular weight excluding hydrogens is 580 g/mol. The Hall–Kier alpha value is -5.05. The van der Waals surface area contributed by atoms with Gasteiger partial charge in [-0.3, -0.25) is 19.4 Å². The van der Waals surface area contributed by atoms with Crippen molar-refractivity contribution in [2.24, 2.45) is 4.36 Å². The number of furan rings is 1. The van der Waals surface area contributed by atoms with Gasteiger partial charge in [0.25, 0.3) is 11.8 Å². The van der Waals surface area contributed by atoms with Gasteiger partial charge in [-0.15, -0.1) is 0 Å². The van der Waals surface area contributed by atoms with Crippen LogP contribution in [0.1, 0.15) is 50.4 Å². The zero-order valence-corrected chi connectivity index (χ0v) is 24.8. The molecule has 224 valence electrons. The summed E-state index contributed by atoms with van der Waals surface area (Å²) in [6.45, 7) is 2.48. The number of hydrogen-bond donors (Lipinski definition) is 2. The number of amides is 3. The molecule has 2 aromatic heterocycles. The summed E-state index contributed by atoms with van der Waals surface area (Å²) in [6, 6.07) is 18.4. The molecule has 5 rings (SSSR count). The van der Waals surface area contributed by atoms with E-state index < -0.39 is 33.4 Å². The Bertz CT molecular complexity index is 1870. The van der Waals surface area contributed by atoms with Crippen LogP contribution in [0.25, 0.3) is 0 Å². The van der Waals surface area contributed by atoms with Gasteiger partial charge >= 0.3 is 0 Å². The van der Waals surface area contributed by atoms with Crippen molar-refractivity contribution in [2.45, 2.75) is 30.8 Å². The summed E-state index contributed by atoms with van der Waals surface area (Å²) in [5.41, 5.74) is 2.35. The fourth-order valence-corrected chi connectivity index (χ4v) is 6.41. The lowest BCUT2D eigenvalue weighted by Crippen LogP contribution is -2.42. The van der Waals surface area contributed by atoms with E-state index in [1.54, 1.807) is 72.5 Å². The third-order valence-corrected chi connectivity index (χ3v) is 9.11. The Balaban J connectivity index is 1.36. The highest BCUT2D eigenvalue weighted by molar-refractivity contribution is 7.94. The first-order valence-corrected chi connectivity index (χ1v) is 15.6. The van der Waals surface area contributed by atoms with Crippen LogP contribution in [0.4, 0.5) is 5.69 Å². The molecule has 0 aliphatic carbocycles. The van der Waals surface area contributed by atoms with Gasteiger partial charge in [-0.2, -0.15) is 4.36 Å². The molecule has 0 unspecified atom stereocenters. The number of hydrogen-bond acceptors (Lipinski definition) is 7. The first-order valence-electron chi connectivity index (χ1n) is 13.9. The maximum absolute atomic E-state index is 14.1. The van der Waals surface area contributed by atoms with E-state index >= 15 is 0 Å². The topological polar surface area (TPSA) is 142 Å². The fraction of sp³-hybridized carbons (Fsp3) is 0.212. The number of piperidine rings is 1. The second-order valence-corrected chi connectivity index (χ2v) is 12.5. The van der Waals surface area contributed by atoms with Crippen molar-refractivity contribution in [3.63, 3.8) is 0 Å². The first-order chi connectivity index (χ1) is 21.2. The van der Waals surface area contributed by atoms with E-state index in [4.69, 9.17) is 4.42 Å². The highest BCUT2D eigenvalue weighted by atomic mass is 32.2. The summed E-state index contributed by atoms with van der Waals surface area (Å²) in [7, 11) is -3.46. The number of aromatic nitrogens is 1. The molecule has 2 N–H and O–H groups in total. The minimum atomic E-state index is -3.46. The number of nitrogens with zero attached hydrogens (tertiary/aromatic N) is 3. The first kappa shape index (κ1) is 30.4. The van der Waals surface area contributed by atoms with Crippen molar-refractivity contribution in [1.82, 2.24) is 9.88 Å². The SMILES string of the molecule is Cc1ccoc1C(=O)Nc1cccc(C#Cc2cncc(C(=O)N=[S@](=O)(CC(=O)N3CCC(O)CC3)c3ccccc3)c2)c1. The molecule has 0 spiro atoms. The highest BCUT2D eigenvalue weighted by Crippen LogP contribution is 2.19. The molecule has 1 aliphatic heterocycles. The van der Waals surface area contributed by atoms with E-state index in [0.717, 1.165) is 5.56 Å². The van der Waals surface area contributed by atoms with Crippen molar-refractivity contribution in [3.8, 4) is 11.8 Å². The van der Waals surface area contributed by atoms with Crippen molar-refractivity contribution >= 4 is 33.1 Å².